The van der Waals surface area contributed by atoms with E-state index in [-0.39, 0.29) is 34.8 Å². The molecular formula is C28H31F2N5O3. The normalized spacial score (nSPS) is 23.8. The molecule has 1 aliphatic carbocycles. The molecule has 0 bridgehead atoms. The highest BCUT2D eigenvalue weighted by Gasteiger charge is 2.34. The van der Waals surface area contributed by atoms with Crippen LogP contribution in [0.2, 0.25) is 0 Å². The van der Waals surface area contributed by atoms with Gasteiger partial charge < -0.3 is 25.8 Å². The van der Waals surface area contributed by atoms with Crippen molar-refractivity contribution >= 4 is 17.3 Å². The lowest BCUT2D eigenvalue weighted by molar-refractivity contribution is 0.0521. The summed E-state index contributed by atoms with van der Waals surface area (Å²) in [4.78, 5) is 23.5. The van der Waals surface area contributed by atoms with Crippen molar-refractivity contribution in [3.8, 4) is 11.3 Å². The molecule has 3 heterocycles. The van der Waals surface area contributed by atoms with Crippen LogP contribution in [0.4, 0.5) is 20.2 Å². The Hall–Kier alpha value is -3.47. The van der Waals surface area contributed by atoms with Crippen LogP contribution in [0.1, 0.15) is 41.7 Å². The van der Waals surface area contributed by atoms with Gasteiger partial charge in [-0.1, -0.05) is 13.0 Å². The van der Waals surface area contributed by atoms with E-state index < -0.39 is 23.6 Å². The molecule has 0 spiro atoms. The van der Waals surface area contributed by atoms with Crippen molar-refractivity contribution < 1.29 is 23.4 Å². The van der Waals surface area contributed by atoms with E-state index in [2.05, 4.69) is 15.3 Å². The van der Waals surface area contributed by atoms with Crippen LogP contribution in [0.3, 0.4) is 0 Å². The van der Waals surface area contributed by atoms with Crippen molar-refractivity contribution in [1.82, 2.24) is 9.97 Å². The van der Waals surface area contributed by atoms with Crippen LogP contribution in [0, 0.1) is 17.6 Å². The van der Waals surface area contributed by atoms with E-state index in [1.54, 1.807) is 18.5 Å². The number of carbonyl (C=O) groups is 1. The number of nitrogens with one attached hydrogen (secondary N) is 1. The maximum atomic E-state index is 15.1. The number of benzene rings is 1. The lowest BCUT2D eigenvalue weighted by Crippen LogP contribution is -2.44. The molecule has 5 rings (SSSR count). The van der Waals surface area contributed by atoms with Gasteiger partial charge in [0.25, 0.3) is 5.91 Å². The molecule has 1 saturated carbocycles. The van der Waals surface area contributed by atoms with Gasteiger partial charge in [-0.2, -0.15) is 0 Å². The number of ether oxygens (including phenoxy) is 1. The molecule has 0 unspecified atom stereocenters. The quantitative estimate of drug-likeness (QED) is 0.467. The molecule has 8 nitrogen and oxygen atoms in total. The number of anilines is 2. The number of hydrogen-bond acceptors (Lipinski definition) is 7. The summed E-state index contributed by atoms with van der Waals surface area (Å²) in [5, 5.41) is 13.1. The van der Waals surface area contributed by atoms with Crippen LogP contribution >= 0.6 is 0 Å². The first-order valence-electron chi connectivity index (χ1n) is 12.8. The zero-order valence-corrected chi connectivity index (χ0v) is 21.1. The highest BCUT2D eigenvalue weighted by Crippen LogP contribution is 2.38. The molecule has 4 N–H and O–H groups in total. The van der Waals surface area contributed by atoms with E-state index in [4.69, 9.17) is 10.5 Å². The lowest BCUT2D eigenvalue weighted by atomic mass is 9.74. The number of amides is 1. The SMILES string of the molecule is C[C@H]1C[C@@H](c2ccncc2NC(=O)c2cccc(-c3c(F)cc(N4CCOCC4)cc3F)n2)C[C@@H](N)[C@@H]1O. The molecule has 1 aliphatic heterocycles. The number of morpholine rings is 1. The second kappa shape index (κ2) is 11.1. The van der Waals surface area contributed by atoms with Gasteiger partial charge in [-0.25, -0.2) is 13.8 Å². The highest BCUT2D eigenvalue weighted by molar-refractivity contribution is 6.03. The Kier molecular flexibility index (Phi) is 7.64. The number of rotatable bonds is 5. The van der Waals surface area contributed by atoms with Crippen LogP contribution in [-0.2, 0) is 4.74 Å². The van der Waals surface area contributed by atoms with Gasteiger partial charge in [0.1, 0.15) is 17.3 Å². The molecule has 200 valence electrons. The van der Waals surface area contributed by atoms with Crippen LogP contribution in [0.5, 0.6) is 0 Å². The molecule has 0 radical (unpaired) electrons. The summed E-state index contributed by atoms with van der Waals surface area (Å²) >= 11 is 0. The monoisotopic (exact) mass is 523 g/mol. The topological polar surface area (TPSA) is 114 Å². The maximum Gasteiger partial charge on any atom is 0.274 e. The summed E-state index contributed by atoms with van der Waals surface area (Å²) < 4.78 is 35.5. The molecule has 4 atom stereocenters. The third-order valence-corrected chi connectivity index (χ3v) is 7.42. The van der Waals surface area contributed by atoms with E-state index >= 15 is 8.78 Å². The fourth-order valence-electron chi connectivity index (χ4n) is 5.39. The Balaban J connectivity index is 1.38. The molecule has 10 heteroatoms. The number of nitrogens with zero attached hydrogens (tertiary/aromatic N) is 3. The van der Waals surface area contributed by atoms with Gasteiger partial charge in [0.2, 0.25) is 0 Å². The molecule has 38 heavy (non-hydrogen) atoms. The molecule has 1 saturated heterocycles. The Morgan fingerprint density at radius 2 is 1.89 bits per heavy atom. The summed E-state index contributed by atoms with van der Waals surface area (Å²) in [5.41, 5.74) is 7.72. The summed E-state index contributed by atoms with van der Waals surface area (Å²) in [7, 11) is 0. The van der Waals surface area contributed by atoms with E-state index in [0.717, 1.165) is 5.56 Å². The second-order valence-corrected chi connectivity index (χ2v) is 10.0. The summed E-state index contributed by atoms with van der Waals surface area (Å²) in [6.45, 7) is 4.05. The van der Waals surface area contributed by atoms with Crippen LogP contribution in [0.25, 0.3) is 11.3 Å². The van der Waals surface area contributed by atoms with E-state index in [1.807, 2.05) is 17.9 Å². The first-order valence-corrected chi connectivity index (χ1v) is 12.8. The smallest absolute Gasteiger partial charge is 0.274 e. The van der Waals surface area contributed by atoms with Crippen LogP contribution in [-0.4, -0.2) is 59.4 Å². The lowest BCUT2D eigenvalue weighted by Gasteiger charge is -2.36. The number of pyridine rings is 2. The van der Waals surface area contributed by atoms with Gasteiger partial charge in [-0.3, -0.25) is 9.78 Å². The van der Waals surface area contributed by atoms with Gasteiger partial charge in [-0.05, 0) is 60.6 Å². The largest absolute Gasteiger partial charge is 0.391 e. The second-order valence-electron chi connectivity index (χ2n) is 10.0. The Bertz CT molecular complexity index is 1280. The van der Waals surface area contributed by atoms with E-state index in [0.29, 0.717) is 50.5 Å². The van der Waals surface area contributed by atoms with E-state index in [9.17, 15) is 9.90 Å². The fraction of sp³-hybridized carbons (Fsp3) is 0.393. The summed E-state index contributed by atoms with van der Waals surface area (Å²) in [6.07, 6.45) is 3.93. The minimum atomic E-state index is -0.754. The van der Waals surface area contributed by atoms with Gasteiger partial charge in [-0.15, -0.1) is 0 Å². The van der Waals surface area contributed by atoms with Gasteiger partial charge >= 0.3 is 0 Å². The number of aliphatic hydroxyl groups excluding tert-OH is 1. The number of carbonyl (C=O) groups excluding carboxylic acids is 1. The fourth-order valence-corrected chi connectivity index (χ4v) is 5.39. The molecule has 2 fully saturated rings. The van der Waals surface area contributed by atoms with Crippen molar-refractivity contribution in [3.05, 3.63) is 71.7 Å². The van der Waals surface area contributed by atoms with Crippen molar-refractivity contribution in [2.75, 3.05) is 36.5 Å². The molecule has 1 amide bonds. The average molecular weight is 524 g/mol. The molecule has 3 aromatic rings. The third kappa shape index (κ3) is 5.38. The first-order chi connectivity index (χ1) is 18.3. The van der Waals surface area contributed by atoms with Gasteiger partial charge in [0.15, 0.2) is 0 Å². The number of halogens is 2. The van der Waals surface area contributed by atoms with Crippen molar-refractivity contribution in [2.45, 2.75) is 37.8 Å². The molecule has 2 aliphatic rings. The Morgan fingerprint density at radius 3 is 2.61 bits per heavy atom. The number of aromatic nitrogens is 2. The number of hydrogen-bond donors (Lipinski definition) is 3. The molecule has 2 aromatic heterocycles. The minimum Gasteiger partial charge on any atom is -0.391 e. The predicted octanol–water partition coefficient (Wildman–Crippen LogP) is 3.71. The van der Waals surface area contributed by atoms with Gasteiger partial charge in [0, 0.05) is 31.0 Å². The minimum absolute atomic E-state index is 0.0116. The molecule has 1 aromatic carbocycles. The zero-order valence-electron chi connectivity index (χ0n) is 21.1. The maximum absolute atomic E-state index is 15.1. The Morgan fingerprint density at radius 1 is 1.16 bits per heavy atom. The van der Waals surface area contributed by atoms with Crippen molar-refractivity contribution in [3.63, 3.8) is 0 Å². The summed E-state index contributed by atoms with van der Waals surface area (Å²) in [6, 6.07) is 8.54. The number of nitrogens with two attached hydrogens (primary N) is 1. The standard InChI is InChI=1S/C28H31F2N5O3/c1-16-11-17(12-22(31)27(16)36)19-5-6-32-15-25(19)34-28(37)24-4-2-3-23(33-24)26-20(29)13-18(14-21(26)30)35-7-9-38-10-8-35/h2-6,13-17,22,27,36H,7-12,31H2,1H3,(H,34,37)/t16-,17+,22+,27+/m0/s1. The molecular weight excluding hydrogens is 492 g/mol. The van der Waals surface area contributed by atoms with Crippen molar-refractivity contribution in [2.24, 2.45) is 11.7 Å². The van der Waals surface area contributed by atoms with Crippen LogP contribution in [0.15, 0.2) is 48.8 Å². The predicted molar refractivity (Wildman–Crippen MR) is 140 cm³/mol. The van der Waals surface area contributed by atoms with Crippen LogP contribution < -0.4 is 16.0 Å². The summed E-state index contributed by atoms with van der Waals surface area (Å²) in [5.74, 6) is -1.99. The Labute approximate surface area is 219 Å². The third-order valence-electron chi connectivity index (χ3n) is 7.42. The van der Waals surface area contributed by atoms with Crippen molar-refractivity contribution in [1.29, 1.82) is 0 Å². The zero-order chi connectivity index (χ0) is 26.8. The average Bonchev–Trinajstić information content (AvgIpc) is 2.92. The van der Waals surface area contributed by atoms with Gasteiger partial charge in [0.05, 0.1) is 42.5 Å². The van der Waals surface area contributed by atoms with E-state index in [1.165, 1.54) is 24.3 Å². The number of aliphatic hydroxyl groups is 1. The first kappa shape index (κ1) is 26.1. The highest BCUT2D eigenvalue weighted by atomic mass is 19.1.